The molecular formula is C40H22O2. The van der Waals surface area contributed by atoms with Gasteiger partial charge in [-0.25, -0.2) is 0 Å². The number of rotatable bonds is 3. The van der Waals surface area contributed by atoms with Crippen molar-refractivity contribution in [2.45, 2.75) is 0 Å². The molecule has 9 aromatic rings. The maximum absolute atomic E-state index is 6.50. The first-order valence-electron chi connectivity index (χ1n) is 14.3. The van der Waals surface area contributed by atoms with Gasteiger partial charge in [0.25, 0.3) is 0 Å². The van der Waals surface area contributed by atoms with E-state index in [9.17, 15) is 0 Å². The second-order valence-electron chi connectivity index (χ2n) is 11.2. The van der Waals surface area contributed by atoms with Crippen molar-refractivity contribution < 1.29 is 8.83 Å². The molecule has 0 bridgehead atoms. The molecular weight excluding hydrogens is 512 g/mol. The third-order valence-corrected chi connectivity index (χ3v) is 8.99. The minimum absolute atomic E-state index is 0.914. The monoisotopic (exact) mass is 534 g/mol. The van der Waals surface area contributed by atoms with E-state index in [0.29, 0.717) is 0 Å². The summed E-state index contributed by atoms with van der Waals surface area (Å²) < 4.78 is 12.9. The van der Waals surface area contributed by atoms with Crippen LogP contribution >= 0.6 is 0 Å². The van der Waals surface area contributed by atoms with E-state index < -0.39 is 0 Å². The summed E-state index contributed by atoms with van der Waals surface area (Å²) in [6, 6.07) is 47.7. The first kappa shape index (κ1) is 22.1. The van der Waals surface area contributed by atoms with Crippen LogP contribution in [-0.4, -0.2) is 0 Å². The number of hydrogen-bond donors (Lipinski definition) is 0. The fourth-order valence-electron chi connectivity index (χ4n) is 7.18. The number of furan rings is 2. The highest BCUT2D eigenvalue weighted by Crippen LogP contribution is 2.52. The van der Waals surface area contributed by atoms with Gasteiger partial charge in [0, 0.05) is 32.5 Å². The minimum atomic E-state index is 0.914. The Morgan fingerprint density at radius 3 is 1.62 bits per heavy atom. The molecule has 2 nitrogen and oxygen atoms in total. The molecule has 0 aliphatic heterocycles. The van der Waals surface area contributed by atoms with Crippen molar-refractivity contribution in [3.05, 3.63) is 133 Å². The molecule has 7 aromatic carbocycles. The zero-order chi connectivity index (χ0) is 27.4. The Morgan fingerprint density at radius 1 is 0.310 bits per heavy atom. The largest absolute Gasteiger partial charge is 0.456 e. The lowest BCUT2D eigenvalue weighted by molar-refractivity contribution is 0.669. The van der Waals surface area contributed by atoms with Crippen LogP contribution in [0, 0.1) is 0 Å². The van der Waals surface area contributed by atoms with E-state index in [1.807, 2.05) is 0 Å². The summed E-state index contributed by atoms with van der Waals surface area (Å²) in [4.78, 5) is 0. The molecule has 2 aromatic heterocycles. The highest BCUT2D eigenvalue weighted by molar-refractivity contribution is 6.37. The molecule has 42 heavy (non-hydrogen) atoms. The average molecular weight is 535 g/mol. The van der Waals surface area contributed by atoms with Gasteiger partial charge < -0.3 is 8.83 Å². The molecule has 0 radical (unpaired) electrons. The fraction of sp³-hybridized carbons (Fsp3) is 0. The van der Waals surface area contributed by atoms with Gasteiger partial charge in [0.15, 0.2) is 0 Å². The number of hydrogen-bond acceptors (Lipinski definition) is 2. The summed E-state index contributed by atoms with van der Waals surface area (Å²) in [5.74, 6) is 0. The van der Waals surface area contributed by atoms with Crippen LogP contribution < -0.4 is 0 Å². The summed E-state index contributed by atoms with van der Waals surface area (Å²) in [5.41, 5.74) is 13.3. The van der Waals surface area contributed by atoms with E-state index in [4.69, 9.17) is 8.83 Å². The second kappa shape index (κ2) is 7.99. The Morgan fingerprint density at radius 2 is 0.857 bits per heavy atom. The first-order chi connectivity index (χ1) is 20.8. The molecule has 2 heteroatoms. The summed E-state index contributed by atoms with van der Waals surface area (Å²) in [6.45, 7) is 0. The van der Waals surface area contributed by atoms with Gasteiger partial charge in [-0.1, -0.05) is 97.1 Å². The molecule has 0 amide bonds. The van der Waals surface area contributed by atoms with Crippen LogP contribution in [0.25, 0.3) is 99.2 Å². The predicted octanol–water partition coefficient (Wildman–Crippen LogP) is 11.6. The Hall–Kier alpha value is -5.60. The predicted molar refractivity (Wildman–Crippen MR) is 174 cm³/mol. The second-order valence-corrected chi connectivity index (χ2v) is 11.2. The molecule has 0 atom stereocenters. The molecule has 1 aliphatic carbocycles. The molecule has 1 aliphatic rings. The van der Waals surface area contributed by atoms with Crippen molar-refractivity contribution in [3.8, 4) is 44.5 Å². The highest BCUT2D eigenvalue weighted by Gasteiger charge is 2.27. The number of benzene rings is 7. The third kappa shape index (κ3) is 2.88. The molecule has 0 fully saturated rings. The van der Waals surface area contributed by atoms with Crippen LogP contribution in [0.4, 0.5) is 0 Å². The molecule has 0 saturated heterocycles. The Labute approximate surface area is 241 Å². The molecule has 0 saturated carbocycles. The lowest BCUT2D eigenvalue weighted by Gasteiger charge is -2.14. The topological polar surface area (TPSA) is 26.3 Å². The van der Waals surface area contributed by atoms with E-state index >= 15 is 0 Å². The van der Waals surface area contributed by atoms with Crippen molar-refractivity contribution in [2.75, 3.05) is 0 Å². The Bertz CT molecular complexity index is 2560. The van der Waals surface area contributed by atoms with E-state index in [2.05, 4.69) is 133 Å². The van der Waals surface area contributed by atoms with Gasteiger partial charge in [-0.3, -0.25) is 0 Å². The Balaban J connectivity index is 1.27. The summed E-state index contributed by atoms with van der Waals surface area (Å²) in [6.07, 6.45) is 0. The SMILES string of the molecule is c1ccc(-c2cccc(-c3cccc(-c4ccc5oc6ccc7ccc8oc9cccc%10c9c8c7c6c5c4-%10)c3)c2)cc1. The van der Waals surface area contributed by atoms with Crippen LogP contribution in [0.2, 0.25) is 0 Å². The molecule has 2 heterocycles. The third-order valence-electron chi connectivity index (χ3n) is 8.99. The zero-order valence-electron chi connectivity index (χ0n) is 22.5. The highest BCUT2D eigenvalue weighted by atomic mass is 16.3. The lowest BCUT2D eigenvalue weighted by atomic mass is 9.89. The van der Waals surface area contributed by atoms with Gasteiger partial charge >= 0.3 is 0 Å². The van der Waals surface area contributed by atoms with E-state index in [1.165, 1.54) is 76.8 Å². The van der Waals surface area contributed by atoms with Crippen LogP contribution in [0.1, 0.15) is 0 Å². The van der Waals surface area contributed by atoms with Crippen LogP contribution in [-0.2, 0) is 0 Å². The smallest absolute Gasteiger partial charge is 0.136 e. The molecule has 0 spiro atoms. The van der Waals surface area contributed by atoms with Gasteiger partial charge in [0.2, 0.25) is 0 Å². The minimum Gasteiger partial charge on any atom is -0.456 e. The molecule has 10 rings (SSSR count). The van der Waals surface area contributed by atoms with Crippen LogP contribution in [0.3, 0.4) is 0 Å². The van der Waals surface area contributed by atoms with Gasteiger partial charge in [0.1, 0.15) is 22.3 Å². The van der Waals surface area contributed by atoms with Crippen molar-refractivity contribution in [2.24, 2.45) is 0 Å². The van der Waals surface area contributed by atoms with Crippen molar-refractivity contribution >= 4 is 54.6 Å². The molecule has 0 N–H and O–H groups in total. The standard InChI is InChI=1S/C40H22O2/c1-2-7-23(8-3-1)25-9-4-10-26(21-25)27-11-5-12-28(22-27)29-17-20-34-40-36(29)30-13-6-14-31-37(30)38-32(41-31)18-15-24-16-19-33(42-34)39(40)35(24)38/h1-22H. The Kier molecular flexibility index (Phi) is 4.21. The molecule has 194 valence electrons. The normalized spacial score (nSPS) is 12.3. The van der Waals surface area contributed by atoms with E-state index in [0.717, 1.165) is 22.3 Å². The van der Waals surface area contributed by atoms with Crippen molar-refractivity contribution in [3.63, 3.8) is 0 Å². The van der Waals surface area contributed by atoms with E-state index in [1.54, 1.807) is 0 Å². The molecule has 0 unspecified atom stereocenters. The van der Waals surface area contributed by atoms with Crippen LogP contribution in [0.5, 0.6) is 0 Å². The van der Waals surface area contributed by atoms with Crippen molar-refractivity contribution in [1.82, 2.24) is 0 Å². The average Bonchev–Trinajstić information content (AvgIpc) is 3.59. The zero-order valence-corrected chi connectivity index (χ0v) is 22.5. The van der Waals surface area contributed by atoms with Gasteiger partial charge in [-0.05, 0) is 80.7 Å². The summed E-state index contributed by atoms with van der Waals surface area (Å²) in [5, 5.41) is 7.14. The van der Waals surface area contributed by atoms with Gasteiger partial charge in [-0.2, -0.15) is 0 Å². The van der Waals surface area contributed by atoms with Crippen LogP contribution in [0.15, 0.2) is 142 Å². The lowest BCUT2D eigenvalue weighted by Crippen LogP contribution is -1.88. The summed E-state index contributed by atoms with van der Waals surface area (Å²) in [7, 11) is 0. The maximum atomic E-state index is 6.50. The summed E-state index contributed by atoms with van der Waals surface area (Å²) >= 11 is 0. The number of fused-ring (bicyclic) bond motifs is 1. The van der Waals surface area contributed by atoms with Crippen molar-refractivity contribution in [1.29, 1.82) is 0 Å². The van der Waals surface area contributed by atoms with Gasteiger partial charge in [0.05, 0.1) is 0 Å². The fourth-order valence-corrected chi connectivity index (χ4v) is 7.18. The quantitative estimate of drug-likeness (QED) is 0.225. The maximum Gasteiger partial charge on any atom is 0.136 e. The van der Waals surface area contributed by atoms with Gasteiger partial charge in [-0.15, -0.1) is 0 Å². The first-order valence-corrected chi connectivity index (χ1v) is 14.3. The van der Waals surface area contributed by atoms with E-state index in [-0.39, 0.29) is 0 Å².